The second kappa shape index (κ2) is 10.1. The maximum atomic E-state index is 10.5. The van der Waals surface area contributed by atoms with Gasteiger partial charge in [0.1, 0.15) is 29.5 Å². The lowest BCUT2D eigenvalue weighted by molar-refractivity contribution is 0.355. The van der Waals surface area contributed by atoms with Crippen LogP contribution in [0.2, 0.25) is 0 Å². The Morgan fingerprint density at radius 3 is 2.63 bits per heavy atom. The van der Waals surface area contributed by atoms with E-state index in [4.69, 9.17) is 9.47 Å². The van der Waals surface area contributed by atoms with E-state index in [0.717, 1.165) is 12.0 Å². The number of aromatic hydroxyl groups is 1. The molecule has 0 aliphatic heterocycles. The Hall–Kier alpha value is -3.80. The van der Waals surface area contributed by atoms with Crippen LogP contribution in [0.3, 0.4) is 0 Å². The molecule has 3 rings (SSSR count). The van der Waals surface area contributed by atoms with Gasteiger partial charge in [0.25, 0.3) is 0 Å². The van der Waals surface area contributed by atoms with Crippen LogP contribution in [0.15, 0.2) is 78.1 Å². The molecule has 0 saturated carbocycles. The van der Waals surface area contributed by atoms with E-state index in [9.17, 15) is 5.11 Å². The average Bonchev–Trinajstić information content (AvgIpc) is 3.22. The first-order chi connectivity index (χ1) is 14.6. The van der Waals surface area contributed by atoms with Gasteiger partial charge in [-0.05, 0) is 43.2 Å². The van der Waals surface area contributed by atoms with Crippen molar-refractivity contribution in [2.75, 3.05) is 6.61 Å². The number of nitrogens with one attached hydrogen (secondary N) is 1. The van der Waals surface area contributed by atoms with Gasteiger partial charge in [-0.25, -0.2) is 0 Å². The summed E-state index contributed by atoms with van der Waals surface area (Å²) in [6, 6.07) is 13.0. The number of phenols is 1. The van der Waals surface area contributed by atoms with E-state index >= 15 is 0 Å². The number of benzene rings is 2. The van der Waals surface area contributed by atoms with Crippen LogP contribution in [0, 0.1) is 0 Å². The Bertz CT molecular complexity index is 1050. The maximum Gasteiger partial charge on any atom is 0.173 e. The van der Waals surface area contributed by atoms with Crippen molar-refractivity contribution in [2.24, 2.45) is 4.99 Å². The Morgan fingerprint density at radius 1 is 1.20 bits per heavy atom. The van der Waals surface area contributed by atoms with E-state index in [2.05, 4.69) is 28.7 Å². The smallest absolute Gasteiger partial charge is 0.173 e. The molecule has 0 fully saturated rings. The predicted octanol–water partition coefficient (Wildman–Crippen LogP) is 5.68. The van der Waals surface area contributed by atoms with Crippen molar-refractivity contribution in [1.82, 2.24) is 10.2 Å². The lowest BCUT2D eigenvalue weighted by atomic mass is 10.1. The second-order valence-corrected chi connectivity index (χ2v) is 6.50. The monoisotopic (exact) mass is 403 g/mol. The normalized spacial score (nSPS) is 11.6. The predicted molar refractivity (Wildman–Crippen MR) is 120 cm³/mol. The minimum atomic E-state index is 0.0599. The summed E-state index contributed by atoms with van der Waals surface area (Å²) in [5.41, 5.74) is 3.29. The summed E-state index contributed by atoms with van der Waals surface area (Å²) >= 11 is 0. The van der Waals surface area contributed by atoms with Crippen molar-refractivity contribution in [3.8, 4) is 34.3 Å². The van der Waals surface area contributed by atoms with Crippen LogP contribution in [-0.4, -0.2) is 28.1 Å². The fraction of sp³-hybridized carbons (Fsp3) is 0.167. The van der Waals surface area contributed by atoms with Crippen molar-refractivity contribution in [3.63, 3.8) is 0 Å². The lowest BCUT2D eigenvalue weighted by Gasteiger charge is -2.11. The van der Waals surface area contributed by atoms with Crippen LogP contribution in [0.4, 0.5) is 0 Å². The van der Waals surface area contributed by atoms with Gasteiger partial charge in [-0.15, -0.1) is 0 Å². The Kier molecular flexibility index (Phi) is 7.05. The molecule has 0 aliphatic rings. The van der Waals surface area contributed by atoms with E-state index in [0.29, 0.717) is 35.1 Å². The molecular formula is C24H25N3O3. The molecule has 2 N–H and O–H groups in total. The minimum Gasteiger partial charge on any atom is -0.507 e. The third kappa shape index (κ3) is 5.17. The molecule has 154 valence electrons. The first kappa shape index (κ1) is 20.9. The highest BCUT2D eigenvalue weighted by Crippen LogP contribution is 2.38. The molecule has 30 heavy (non-hydrogen) atoms. The molecule has 6 heteroatoms. The van der Waals surface area contributed by atoms with E-state index < -0.39 is 0 Å². The second-order valence-electron chi connectivity index (χ2n) is 6.50. The molecule has 3 aromatic rings. The SMILES string of the molecule is C=CN=C/C(=C\C)COc1ccc(-c2[nH]ncc2Oc2ccc(CC)cc2)c(O)c1. The highest BCUT2D eigenvalue weighted by molar-refractivity contribution is 5.79. The van der Waals surface area contributed by atoms with Gasteiger partial charge in [-0.2, -0.15) is 5.10 Å². The van der Waals surface area contributed by atoms with E-state index in [1.165, 1.54) is 11.8 Å². The average molecular weight is 403 g/mol. The number of hydrogen-bond donors (Lipinski definition) is 2. The zero-order valence-corrected chi connectivity index (χ0v) is 17.1. The third-order valence-electron chi connectivity index (χ3n) is 4.52. The number of H-pyrrole nitrogens is 1. The Labute approximate surface area is 176 Å². The van der Waals surface area contributed by atoms with Crippen molar-refractivity contribution in [2.45, 2.75) is 20.3 Å². The third-order valence-corrected chi connectivity index (χ3v) is 4.52. The Balaban J connectivity index is 1.75. The van der Waals surface area contributed by atoms with E-state index in [-0.39, 0.29) is 5.75 Å². The number of aliphatic imine (C=N–C) groups is 1. The number of hydrogen-bond acceptors (Lipinski definition) is 5. The highest BCUT2D eigenvalue weighted by Gasteiger charge is 2.15. The molecule has 1 heterocycles. The molecular weight excluding hydrogens is 378 g/mol. The Morgan fingerprint density at radius 2 is 1.97 bits per heavy atom. The number of nitrogens with zero attached hydrogens (tertiary/aromatic N) is 2. The molecule has 0 radical (unpaired) electrons. The molecule has 0 bridgehead atoms. The van der Waals surface area contributed by atoms with Gasteiger partial charge >= 0.3 is 0 Å². The standard InChI is InChI=1S/C24H25N3O3/c1-4-17-7-9-19(10-8-17)30-23-15-26-27-24(23)21-12-11-20(13-22(21)28)29-16-18(5-2)14-25-6-3/h5-15,28H,3-4,16H2,1-2H3,(H,26,27)/b18-5+,25-14?. The van der Waals surface area contributed by atoms with Crippen LogP contribution in [0.25, 0.3) is 11.3 Å². The van der Waals surface area contributed by atoms with E-state index in [1.807, 2.05) is 37.3 Å². The van der Waals surface area contributed by atoms with Crippen LogP contribution in [0.1, 0.15) is 19.4 Å². The quantitative estimate of drug-likeness (QED) is 0.451. The summed E-state index contributed by atoms with van der Waals surface area (Å²) in [5, 5.41) is 17.5. The van der Waals surface area contributed by atoms with Gasteiger partial charge in [0, 0.05) is 29.6 Å². The summed E-state index contributed by atoms with van der Waals surface area (Å²) < 4.78 is 11.7. The molecule has 0 spiro atoms. The molecule has 0 atom stereocenters. The van der Waals surface area contributed by atoms with Crippen molar-refractivity contribution < 1.29 is 14.6 Å². The largest absolute Gasteiger partial charge is 0.507 e. The summed E-state index contributed by atoms with van der Waals surface area (Å²) in [6.07, 6.45) is 7.61. The van der Waals surface area contributed by atoms with Gasteiger partial charge < -0.3 is 14.6 Å². The van der Waals surface area contributed by atoms with Crippen molar-refractivity contribution >= 4 is 6.21 Å². The van der Waals surface area contributed by atoms with Gasteiger partial charge in [0.2, 0.25) is 0 Å². The van der Waals surface area contributed by atoms with Crippen molar-refractivity contribution in [3.05, 3.63) is 78.7 Å². The first-order valence-electron chi connectivity index (χ1n) is 9.70. The maximum absolute atomic E-state index is 10.5. The molecule has 0 amide bonds. The fourth-order valence-electron chi connectivity index (χ4n) is 2.79. The molecule has 0 saturated heterocycles. The van der Waals surface area contributed by atoms with Gasteiger partial charge in [-0.3, -0.25) is 10.1 Å². The highest BCUT2D eigenvalue weighted by atomic mass is 16.5. The van der Waals surface area contributed by atoms with Crippen LogP contribution >= 0.6 is 0 Å². The first-order valence-corrected chi connectivity index (χ1v) is 9.70. The van der Waals surface area contributed by atoms with E-state index in [1.54, 1.807) is 30.6 Å². The zero-order chi connectivity index (χ0) is 21.3. The molecule has 1 aromatic heterocycles. The molecule has 6 nitrogen and oxygen atoms in total. The molecule has 0 aliphatic carbocycles. The number of aromatic nitrogens is 2. The minimum absolute atomic E-state index is 0.0599. The van der Waals surface area contributed by atoms with Crippen LogP contribution < -0.4 is 9.47 Å². The van der Waals surface area contributed by atoms with Crippen LogP contribution in [0.5, 0.6) is 23.0 Å². The number of phenolic OH excluding ortho intramolecular Hbond substituents is 1. The number of aryl methyl sites for hydroxylation is 1. The molecule has 2 aromatic carbocycles. The fourth-order valence-corrected chi connectivity index (χ4v) is 2.79. The number of rotatable bonds is 9. The van der Waals surface area contributed by atoms with Gasteiger partial charge in [0.15, 0.2) is 5.75 Å². The lowest BCUT2D eigenvalue weighted by Crippen LogP contribution is -2.02. The topological polar surface area (TPSA) is 79.7 Å². The summed E-state index contributed by atoms with van der Waals surface area (Å²) in [6.45, 7) is 7.90. The van der Waals surface area contributed by atoms with Gasteiger partial charge in [-0.1, -0.05) is 31.7 Å². The van der Waals surface area contributed by atoms with Crippen LogP contribution in [-0.2, 0) is 6.42 Å². The van der Waals surface area contributed by atoms with Crippen molar-refractivity contribution in [1.29, 1.82) is 0 Å². The zero-order valence-electron chi connectivity index (χ0n) is 17.1. The van der Waals surface area contributed by atoms with Gasteiger partial charge in [0.05, 0.1) is 6.20 Å². The number of allylic oxidation sites excluding steroid dienone is 1. The number of aromatic amines is 1. The molecule has 0 unspecified atom stereocenters. The summed E-state index contributed by atoms with van der Waals surface area (Å²) in [5.74, 6) is 1.83. The summed E-state index contributed by atoms with van der Waals surface area (Å²) in [4.78, 5) is 3.99. The number of ether oxygens (including phenoxy) is 2. The summed E-state index contributed by atoms with van der Waals surface area (Å²) in [7, 11) is 0.